The summed E-state index contributed by atoms with van der Waals surface area (Å²) in [4.78, 5) is 11.6. The highest BCUT2D eigenvalue weighted by molar-refractivity contribution is 7.85. The summed E-state index contributed by atoms with van der Waals surface area (Å²) in [5.74, 6) is -0.285. The average Bonchev–Trinajstić information content (AvgIpc) is 2.37. The van der Waals surface area contributed by atoms with E-state index in [4.69, 9.17) is 8.92 Å². The second-order valence-corrected chi connectivity index (χ2v) is 7.93. The van der Waals surface area contributed by atoms with Gasteiger partial charge in [0.05, 0.1) is 19.4 Å². The maximum absolute atomic E-state index is 11.6. The third-order valence-electron chi connectivity index (χ3n) is 2.73. The molecule has 0 saturated heterocycles. The van der Waals surface area contributed by atoms with Gasteiger partial charge in [0.15, 0.2) is 0 Å². The van der Waals surface area contributed by atoms with Crippen LogP contribution in [0.1, 0.15) is 31.9 Å². The van der Waals surface area contributed by atoms with Crippen molar-refractivity contribution in [2.45, 2.75) is 39.3 Å². The summed E-state index contributed by atoms with van der Waals surface area (Å²) in [7, 11) is -3.39. The van der Waals surface area contributed by atoms with Crippen molar-refractivity contribution >= 4 is 16.1 Å². The Morgan fingerprint density at radius 3 is 2.22 bits per heavy atom. The molecule has 1 aromatic rings. The predicted octanol–water partition coefficient (Wildman–Crippen LogP) is 1.64. The molecule has 0 amide bonds. The van der Waals surface area contributed by atoms with Crippen LogP contribution in [0, 0.1) is 0 Å². The van der Waals surface area contributed by atoms with Crippen LogP contribution in [0.3, 0.4) is 0 Å². The Labute approximate surface area is 138 Å². The van der Waals surface area contributed by atoms with Crippen molar-refractivity contribution in [1.82, 2.24) is 5.32 Å². The number of ether oxygens (including phenoxy) is 1. The van der Waals surface area contributed by atoms with Crippen molar-refractivity contribution in [1.29, 1.82) is 0 Å². The van der Waals surface area contributed by atoms with E-state index < -0.39 is 15.7 Å². The molecule has 0 fully saturated rings. The van der Waals surface area contributed by atoms with E-state index in [0.29, 0.717) is 13.0 Å². The Morgan fingerprint density at radius 1 is 1.13 bits per heavy atom. The van der Waals surface area contributed by atoms with Crippen LogP contribution < -0.4 is 5.32 Å². The number of esters is 1. The summed E-state index contributed by atoms with van der Waals surface area (Å²) in [6.07, 6.45) is 1.56. The Morgan fingerprint density at radius 2 is 1.70 bits per heavy atom. The summed E-state index contributed by atoms with van der Waals surface area (Å²) in [6, 6.07) is 7.68. The van der Waals surface area contributed by atoms with E-state index >= 15 is 0 Å². The van der Waals surface area contributed by atoms with Crippen LogP contribution in [0.4, 0.5) is 0 Å². The minimum atomic E-state index is -3.39. The van der Waals surface area contributed by atoms with Crippen LogP contribution in [0.25, 0.3) is 0 Å². The van der Waals surface area contributed by atoms with E-state index in [1.54, 1.807) is 0 Å². The molecule has 6 nitrogen and oxygen atoms in total. The topological polar surface area (TPSA) is 81.7 Å². The maximum atomic E-state index is 11.6. The van der Waals surface area contributed by atoms with E-state index in [1.807, 2.05) is 45.0 Å². The maximum Gasteiger partial charge on any atom is 0.320 e. The molecular formula is C16H25NO5S. The monoisotopic (exact) mass is 343 g/mol. The predicted molar refractivity (Wildman–Crippen MR) is 88.5 cm³/mol. The second kappa shape index (κ2) is 8.42. The normalized spacial score (nSPS) is 12.2. The SMILES string of the molecule is CC(C)(C)OC(=O)CNCc1ccc(CCOS(C)(=O)=O)cc1. The van der Waals surface area contributed by atoms with Crippen molar-refractivity contribution in [3.8, 4) is 0 Å². The van der Waals surface area contributed by atoms with Crippen LogP contribution in [-0.4, -0.2) is 39.4 Å². The smallest absolute Gasteiger partial charge is 0.320 e. The Balaban J connectivity index is 2.33. The first-order chi connectivity index (χ1) is 10.6. The lowest BCUT2D eigenvalue weighted by atomic mass is 10.1. The van der Waals surface area contributed by atoms with E-state index in [-0.39, 0.29) is 19.1 Å². The highest BCUT2D eigenvalue weighted by atomic mass is 32.2. The molecule has 0 radical (unpaired) electrons. The van der Waals surface area contributed by atoms with Gasteiger partial charge in [0, 0.05) is 6.54 Å². The zero-order valence-electron chi connectivity index (χ0n) is 14.1. The summed E-state index contributed by atoms with van der Waals surface area (Å²) < 4.78 is 31.6. The fourth-order valence-corrected chi connectivity index (χ4v) is 2.21. The first-order valence-electron chi connectivity index (χ1n) is 7.40. The summed E-state index contributed by atoms with van der Waals surface area (Å²) in [5.41, 5.74) is 1.54. The minimum Gasteiger partial charge on any atom is -0.459 e. The standard InChI is InChI=1S/C16H25NO5S/c1-16(2,3)22-15(18)12-17-11-14-7-5-13(6-8-14)9-10-21-23(4,19)20/h5-8,17H,9-12H2,1-4H3. The minimum absolute atomic E-state index is 0.134. The highest BCUT2D eigenvalue weighted by Crippen LogP contribution is 2.07. The van der Waals surface area contributed by atoms with Crippen molar-refractivity contribution in [3.05, 3.63) is 35.4 Å². The Hall–Kier alpha value is -1.44. The first kappa shape index (κ1) is 19.6. The van der Waals surface area contributed by atoms with Gasteiger partial charge in [-0.1, -0.05) is 24.3 Å². The molecule has 0 unspecified atom stereocenters. The fraction of sp³-hybridized carbons (Fsp3) is 0.562. The number of nitrogens with one attached hydrogen (secondary N) is 1. The van der Waals surface area contributed by atoms with Crippen LogP contribution in [0.15, 0.2) is 24.3 Å². The molecular weight excluding hydrogens is 318 g/mol. The molecule has 1 N–H and O–H groups in total. The summed E-state index contributed by atoms with van der Waals surface area (Å²) >= 11 is 0. The summed E-state index contributed by atoms with van der Waals surface area (Å²) in [6.45, 7) is 6.33. The van der Waals surface area contributed by atoms with Gasteiger partial charge in [0.1, 0.15) is 5.60 Å². The average molecular weight is 343 g/mol. The number of carbonyl (C=O) groups is 1. The molecule has 0 spiro atoms. The molecule has 1 aromatic carbocycles. The van der Waals surface area contributed by atoms with Crippen molar-refractivity contribution < 1.29 is 22.1 Å². The third-order valence-corrected chi connectivity index (χ3v) is 3.32. The number of benzene rings is 1. The van der Waals surface area contributed by atoms with E-state index in [1.165, 1.54) is 0 Å². The zero-order chi connectivity index (χ0) is 17.5. The first-order valence-corrected chi connectivity index (χ1v) is 9.21. The molecule has 0 aliphatic carbocycles. The zero-order valence-corrected chi connectivity index (χ0v) is 14.9. The van der Waals surface area contributed by atoms with Crippen molar-refractivity contribution in [2.24, 2.45) is 0 Å². The fourth-order valence-electron chi connectivity index (χ4n) is 1.82. The third kappa shape index (κ3) is 10.0. The molecule has 0 saturated carbocycles. The van der Waals surface area contributed by atoms with Gasteiger partial charge in [-0.2, -0.15) is 8.42 Å². The highest BCUT2D eigenvalue weighted by Gasteiger charge is 2.15. The van der Waals surface area contributed by atoms with Gasteiger partial charge in [0.25, 0.3) is 10.1 Å². The van der Waals surface area contributed by atoms with Gasteiger partial charge in [-0.05, 0) is 38.3 Å². The van der Waals surface area contributed by atoms with Crippen LogP contribution in [0.2, 0.25) is 0 Å². The van der Waals surface area contributed by atoms with Crippen molar-refractivity contribution in [3.63, 3.8) is 0 Å². The van der Waals surface area contributed by atoms with E-state index in [2.05, 4.69) is 5.32 Å². The lowest BCUT2D eigenvalue weighted by molar-refractivity contribution is -0.153. The van der Waals surface area contributed by atoms with Gasteiger partial charge < -0.3 is 10.1 Å². The number of carbonyl (C=O) groups excluding carboxylic acids is 1. The Kier molecular flexibility index (Phi) is 7.18. The van der Waals surface area contributed by atoms with Gasteiger partial charge in [0.2, 0.25) is 0 Å². The van der Waals surface area contributed by atoms with E-state index in [0.717, 1.165) is 17.4 Å². The van der Waals surface area contributed by atoms with Crippen LogP contribution in [0.5, 0.6) is 0 Å². The van der Waals surface area contributed by atoms with Gasteiger partial charge in [-0.3, -0.25) is 8.98 Å². The van der Waals surface area contributed by atoms with Crippen LogP contribution in [-0.2, 0) is 36.8 Å². The van der Waals surface area contributed by atoms with Crippen LogP contribution >= 0.6 is 0 Å². The largest absolute Gasteiger partial charge is 0.459 e. The molecule has 0 bridgehead atoms. The van der Waals surface area contributed by atoms with Crippen molar-refractivity contribution in [2.75, 3.05) is 19.4 Å². The molecule has 0 aromatic heterocycles. The number of hydrogen-bond donors (Lipinski definition) is 1. The Bertz CT molecular complexity index is 602. The quantitative estimate of drug-likeness (QED) is 0.571. The molecule has 0 aliphatic rings. The molecule has 23 heavy (non-hydrogen) atoms. The van der Waals surface area contributed by atoms with Gasteiger partial charge >= 0.3 is 5.97 Å². The lowest BCUT2D eigenvalue weighted by Gasteiger charge is -2.19. The van der Waals surface area contributed by atoms with Gasteiger partial charge in [-0.25, -0.2) is 0 Å². The molecule has 130 valence electrons. The van der Waals surface area contributed by atoms with Gasteiger partial charge in [-0.15, -0.1) is 0 Å². The summed E-state index contributed by atoms with van der Waals surface area (Å²) in [5, 5.41) is 3.03. The molecule has 1 rings (SSSR count). The number of hydrogen-bond acceptors (Lipinski definition) is 6. The number of rotatable bonds is 8. The van der Waals surface area contributed by atoms with E-state index in [9.17, 15) is 13.2 Å². The molecule has 0 heterocycles. The molecule has 0 aliphatic heterocycles. The lowest BCUT2D eigenvalue weighted by Crippen LogP contribution is -2.31. The molecule has 7 heteroatoms. The second-order valence-electron chi connectivity index (χ2n) is 6.28. The molecule has 0 atom stereocenters.